The van der Waals surface area contributed by atoms with Crippen LogP contribution in [0.25, 0.3) is 54.2 Å². The summed E-state index contributed by atoms with van der Waals surface area (Å²) in [4.78, 5) is 5.39. The summed E-state index contributed by atoms with van der Waals surface area (Å²) in [6, 6.07) is 65.2. The van der Waals surface area contributed by atoms with Gasteiger partial charge in [0.05, 0.1) is 0 Å². The molecule has 0 fully saturated rings. The van der Waals surface area contributed by atoms with E-state index in [0.29, 0.717) is 0 Å². The van der Waals surface area contributed by atoms with Gasteiger partial charge in [0.2, 0.25) is 0 Å². The topological polar surface area (TPSA) is 6.48 Å². The molecule has 0 N–H and O–H groups in total. The lowest BCUT2D eigenvalue weighted by Crippen LogP contribution is -2.61. The first-order valence-electron chi connectivity index (χ1n) is 29.1. The van der Waals surface area contributed by atoms with Crippen LogP contribution in [0.15, 0.2) is 164 Å². The summed E-state index contributed by atoms with van der Waals surface area (Å²) in [5.74, 6) is 0. The lowest BCUT2D eigenvalue weighted by Gasteiger charge is -2.45. The van der Waals surface area contributed by atoms with Crippen molar-refractivity contribution in [2.24, 2.45) is 0 Å². The second-order valence-corrected chi connectivity index (χ2v) is 29.7. The Labute approximate surface area is 473 Å². The number of benzene rings is 10. The molecular formula is C76H81BN2. The highest BCUT2D eigenvalue weighted by molar-refractivity contribution is 7.00. The van der Waals surface area contributed by atoms with Crippen molar-refractivity contribution in [2.45, 2.75) is 157 Å². The zero-order valence-corrected chi connectivity index (χ0v) is 50.6. The smallest absolute Gasteiger partial charge is 0.252 e. The highest BCUT2D eigenvalue weighted by Gasteiger charge is 2.45. The van der Waals surface area contributed by atoms with Gasteiger partial charge in [-0.2, -0.15) is 0 Å². The average molecular weight is 1030 g/mol. The summed E-state index contributed by atoms with van der Waals surface area (Å²) in [5, 5.41) is 10.1. The van der Waals surface area contributed by atoms with Gasteiger partial charge in [-0.3, -0.25) is 0 Å². The number of anilines is 6. The minimum absolute atomic E-state index is 0.0688. The Morgan fingerprint density at radius 3 is 0.911 bits per heavy atom. The summed E-state index contributed by atoms with van der Waals surface area (Å²) in [5.41, 5.74) is 21.3. The molecule has 0 bridgehead atoms. The fourth-order valence-corrected chi connectivity index (χ4v) is 12.6. The lowest BCUT2D eigenvalue weighted by atomic mass is 9.33. The summed E-state index contributed by atoms with van der Waals surface area (Å²) < 4.78 is 0. The molecule has 0 atom stereocenters. The molecule has 0 aromatic heterocycles. The van der Waals surface area contributed by atoms with Gasteiger partial charge in [-0.1, -0.05) is 240 Å². The largest absolute Gasteiger partial charge is 0.311 e. The van der Waals surface area contributed by atoms with Crippen molar-refractivity contribution < 1.29 is 0 Å². The Kier molecular flexibility index (Phi) is 11.8. The van der Waals surface area contributed by atoms with Crippen molar-refractivity contribution in [1.29, 1.82) is 0 Å². The second-order valence-electron chi connectivity index (χ2n) is 29.7. The Hall–Kier alpha value is -7.10. The van der Waals surface area contributed by atoms with Crippen LogP contribution in [0, 0.1) is 0 Å². The molecule has 0 saturated carbocycles. The standard InChI is InChI=1S/C76H81BN2/c1-71(2,3)52-31-50(32-53(37-52)72(4,5)6)51-35-68-70-69(36-51)79(59-42-56(75(13,14)15)39-57(43-59)76(16,17)18)67-45-63-49(30-28-47-24-20-22-26-61(47)63)34-65(67)77(70)64-33-48-29-27-46-23-19-21-25-60(46)62(48)44-66(64)78(68)58-40-54(73(7,8)9)38-55(41-58)74(10,11)12/h19-45H,1-18H3. The number of rotatable bonds is 3. The Morgan fingerprint density at radius 2 is 0.570 bits per heavy atom. The zero-order chi connectivity index (χ0) is 56.3. The highest BCUT2D eigenvalue weighted by Crippen LogP contribution is 2.51. The highest BCUT2D eigenvalue weighted by atomic mass is 15.2. The van der Waals surface area contributed by atoms with E-state index in [4.69, 9.17) is 0 Å². The predicted octanol–water partition coefficient (Wildman–Crippen LogP) is 19.8. The fraction of sp³-hybridized carbons (Fsp3) is 0.316. The molecule has 0 saturated heterocycles. The summed E-state index contributed by atoms with van der Waals surface area (Å²) in [6.45, 7) is 42.5. The van der Waals surface area contributed by atoms with Crippen LogP contribution in [0.1, 0.15) is 158 Å². The number of fused-ring (bicyclic) bond motifs is 10. The first-order valence-corrected chi connectivity index (χ1v) is 29.1. The van der Waals surface area contributed by atoms with E-state index in [1.165, 1.54) is 138 Å². The maximum absolute atomic E-state index is 2.70. The molecule has 2 nitrogen and oxygen atoms in total. The van der Waals surface area contributed by atoms with Gasteiger partial charge < -0.3 is 9.80 Å². The van der Waals surface area contributed by atoms with E-state index < -0.39 is 0 Å². The second kappa shape index (κ2) is 17.7. The predicted molar refractivity (Wildman–Crippen MR) is 348 cm³/mol. The van der Waals surface area contributed by atoms with Gasteiger partial charge in [0.25, 0.3) is 6.71 Å². The maximum Gasteiger partial charge on any atom is 0.252 e. The number of nitrogens with zero attached hydrogens (tertiary/aromatic N) is 2. The molecule has 2 heterocycles. The number of hydrogen-bond donors (Lipinski definition) is 0. The van der Waals surface area contributed by atoms with Crippen molar-refractivity contribution in [3.05, 3.63) is 197 Å². The van der Waals surface area contributed by atoms with Gasteiger partial charge in [-0.25, -0.2) is 0 Å². The fourth-order valence-electron chi connectivity index (χ4n) is 12.6. The molecule has 2 aliphatic heterocycles. The Balaban J connectivity index is 1.31. The van der Waals surface area contributed by atoms with Gasteiger partial charge in [0, 0.05) is 34.1 Å². The first-order chi connectivity index (χ1) is 36.9. The monoisotopic (exact) mass is 1030 g/mol. The maximum atomic E-state index is 2.70. The quantitative estimate of drug-likeness (QED) is 0.129. The third-order valence-electron chi connectivity index (χ3n) is 17.6. The average Bonchev–Trinajstić information content (AvgIpc) is 3.56. The first kappa shape index (κ1) is 52.6. The van der Waals surface area contributed by atoms with E-state index in [2.05, 4.69) is 298 Å². The normalized spacial score (nSPS) is 14.1. The molecule has 12 rings (SSSR count). The molecule has 0 radical (unpaired) electrons. The minimum Gasteiger partial charge on any atom is -0.311 e. The van der Waals surface area contributed by atoms with Crippen LogP contribution in [0.4, 0.5) is 34.1 Å². The van der Waals surface area contributed by atoms with Crippen molar-refractivity contribution in [3.8, 4) is 11.1 Å². The molecule has 2 aliphatic rings. The van der Waals surface area contributed by atoms with Gasteiger partial charge >= 0.3 is 0 Å². The molecule has 0 unspecified atom stereocenters. The lowest BCUT2D eigenvalue weighted by molar-refractivity contribution is 0.568. The summed E-state index contributed by atoms with van der Waals surface area (Å²) >= 11 is 0. The van der Waals surface area contributed by atoms with Crippen LogP contribution in [0.3, 0.4) is 0 Å². The molecule has 0 spiro atoms. The van der Waals surface area contributed by atoms with Crippen LogP contribution < -0.4 is 26.2 Å². The third kappa shape index (κ3) is 9.05. The summed E-state index contributed by atoms with van der Waals surface area (Å²) in [7, 11) is 0. The van der Waals surface area contributed by atoms with Gasteiger partial charge in [0.15, 0.2) is 0 Å². The van der Waals surface area contributed by atoms with Crippen molar-refractivity contribution in [1.82, 2.24) is 0 Å². The van der Waals surface area contributed by atoms with Crippen LogP contribution in [-0.2, 0) is 32.5 Å². The van der Waals surface area contributed by atoms with Crippen LogP contribution in [0.5, 0.6) is 0 Å². The third-order valence-corrected chi connectivity index (χ3v) is 17.6. The molecule has 0 aliphatic carbocycles. The van der Waals surface area contributed by atoms with Gasteiger partial charge in [0.1, 0.15) is 0 Å². The molecule has 0 amide bonds. The summed E-state index contributed by atoms with van der Waals surface area (Å²) in [6.07, 6.45) is 0. The minimum atomic E-state index is -0.0986. The van der Waals surface area contributed by atoms with Crippen molar-refractivity contribution >= 4 is 100 Å². The Bertz CT molecular complexity index is 3820. The zero-order valence-electron chi connectivity index (χ0n) is 50.6. The molecule has 10 aromatic carbocycles. The van der Waals surface area contributed by atoms with Crippen molar-refractivity contribution in [2.75, 3.05) is 9.80 Å². The van der Waals surface area contributed by atoms with E-state index in [9.17, 15) is 0 Å². The number of hydrogen-bond acceptors (Lipinski definition) is 2. The van der Waals surface area contributed by atoms with E-state index in [-0.39, 0.29) is 39.2 Å². The molecule has 3 heteroatoms. The molecular weight excluding hydrogens is 952 g/mol. The van der Waals surface area contributed by atoms with E-state index >= 15 is 0 Å². The van der Waals surface area contributed by atoms with Crippen LogP contribution in [0.2, 0.25) is 0 Å². The van der Waals surface area contributed by atoms with Crippen LogP contribution >= 0.6 is 0 Å². The van der Waals surface area contributed by atoms with Gasteiger partial charge in [-0.05, 0) is 185 Å². The molecule has 398 valence electrons. The van der Waals surface area contributed by atoms with Crippen LogP contribution in [-0.4, -0.2) is 6.71 Å². The van der Waals surface area contributed by atoms with E-state index in [0.717, 1.165) is 0 Å². The van der Waals surface area contributed by atoms with Gasteiger partial charge in [-0.15, -0.1) is 0 Å². The SMILES string of the molecule is CC(C)(C)c1cc(-c2cc3c4c(c2)N(c2cc(C(C)(C)C)cc(C(C)(C)C)c2)c2cc5c(ccc6ccccc65)cc2B4c2cc4ccc5ccccc5c4cc2N3c2cc(C(C)(C)C)cc(C(C)(C)C)c2)cc(C(C)(C)C)c1. The van der Waals surface area contributed by atoms with E-state index in [1.807, 2.05) is 0 Å². The van der Waals surface area contributed by atoms with Crippen molar-refractivity contribution in [3.63, 3.8) is 0 Å². The Morgan fingerprint density at radius 1 is 0.266 bits per heavy atom. The molecule has 10 aromatic rings. The van der Waals surface area contributed by atoms with E-state index in [1.54, 1.807) is 0 Å². The molecule has 79 heavy (non-hydrogen) atoms.